The molecular formula is C14H21ClN4. The third-order valence-corrected chi connectivity index (χ3v) is 4.38. The summed E-state index contributed by atoms with van der Waals surface area (Å²) < 4.78 is 0. The van der Waals surface area contributed by atoms with Crippen molar-refractivity contribution in [2.24, 2.45) is 0 Å². The molecule has 0 saturated carbocycles. The van der Waals surface area contributed by atoms with Crippen LogP contribution in [0.5, 0.6) is 0 Å². The minimum Gasteiger partial charge on any atom is -0.312 e. The number of likely N-dealkylation sites (tertiary alicyclic amines) is 1. The third-order valence-electron chi connectivity index (χ3n) is 4.19. The normalized spacial score (nSPS) is 28.1. The fraction of sp³-hybridized carbons (Fsp3) is 0.714. The van der Waals surface area contributed by atoms with Crippen LogP contribution in [-0.4, -0.2) is 40.0 Å². The first-order valence-electron chi connectivity index (χ1n) is 7.20. The highest BCUT2D eigenvalue weighted by Crippen LogP contribution is 2.26. The second-order valence-corrected chi connectivity index (χ2v) is 6.02. The Hall–Kier alpha value is -0.710. The van der Waals surface area contributed by atoms with Gasteiger partial charge in [-0.3, -0.25) is 4.90 Å². The molecule has 2 aliphatic rings. The van der Waals surface area contributed by atoms with Gasteiger partial charge in [-0.1, -0.05) is 11.6 Å². The molecule has 2 aliphatic heterocycles. The van der Waals surface area contributed by atoms with Gasteiger partial charge in [0.2, 0.25) is 0 Å². The first-order valence-corrected chi connectivity index (χ1v) is 7.57. The molecule has 0 radical (unpaired) electrons. The van der Waals surface area contributed by atoms with Gasteiger partial charge in [-0.15, -0.1) is 0 Å². The van der Waals surface area contributed by atoms with Crippen molar-refractivity contribution in [2.45, 2.75) is 51.2 Å². The molecule has 4 nitrogen and oxygen atoms in total. The predicted octanol–water partition coefficient (Wildman–Crippen LogP) is 2.15. The zero-order chi connectivity index (χ0) is 13.2. The van der Waals surface area contributed by atoms with E-state index in [1.807, 2.05) is 13.0 Å². The van der Waals surface area contributed by atoms with Gasteiger partial charge in [0.1, 0.15) is 11.0 Å². The summed E-state index contributed by atoms with van der Waals surface area (Å²) in [7, 11) is 0. The van der Waals surface area contributed by atoms with Crippen molar-refractivity contribution >= 4 is 11.6 Å². The molecule has 0 amide bonds. The van der Waals surface area contributed by atoms with Gasteiger partial charge in [-0.2, -0.15) is 0 Å². The Morgan fingerprint density at radius 2 is 2.26 bits per heavy atom. The summed E-state index contributed by atoms with van der Waals surface area (Å²) in [4.78, 5) is 11.4. The zero-order valence-corrected chi connectivity index (χ0v) is 12.2. The molecule has 2 fully saturated rings. The van der Waals surface area contributed by atoms with Crippen LogP contribution in [0.25, 0.3) is 0 Å². The topological polar surface area (TPSA) is 41.1 Å². The SMILES string of the molecule is Cc1cc(Cl)nc(CN2CCCC2C2CCCN2)n1. The van der Waals surface area contributed by atoms with E-state index in [2.05, 4.69) is 20.2 Å². The Bertz CT molecular complexity index is 425. The Balaban J connectivity index is 1.70. The Morgan fingerprint density at radius 1 is 1.37 bits per heavy atom. The van der Waals surface area contributed by atoms with Crippen molar-refractivity contribution in [3.05, 3.63) is 22.7 Å². The van der Waals surface area contributed by atoms with Crippen LogP contribution in [0.1, 0.15) is 37.2 Å². The summed E-state index contributed by atoms with van der Waals surface area (Å²) in [6.07, 6.45) is 5.18. The second kappa shape index (κ2) is 5.73. The number of halogens is 1. The highest BCUT2D eigenvalue weighted by Gasteiger charge is 2.33. The molecule has 0 bridgehead atoms. The molecule has 0 aliphatic carbocycles. The fourth-order valence-electron chi connectivity index (χ4n) is 3.38. The molecule has 3 rings (SSSR count). The van der Waals surface area contributed by atoms with Gasteiger partial charge >= 0.3 is 0 Å². The number of nitrogens with zero attached hydrogens (tertiary/aromatic N) is 3. The van der Waals surface area contributed by atoms with E-state index in [0.717, 1.165) is 24.6 Å². The van der Waals surface area contributed by atoms with Gasteiger partial charge in [0, 0.05) is 17.8 Å². The van der Waals surface area contributed by atoms with Crippen LogP contribution in [0.2, 0.25) is 5.15 Å². The number of aryl methyl sites for hydroxylation is 1. The maximum Gasteiger partial charge on any atom is 0.144 e. The number of nitrogens with one attached hydrogen (secondary N) is 1. The molecule has 5 heteroatoms. The molecule has 2 unspecified atom stereocenters. The van der Waals surface area contributed by atoms with Crippen molar-refractivity contribution in [1.29, 1.82) is 0 Å². The van der Waals surface area contributed by atoms with E-state index in [-0.39, 0.29) is 0 Å². The van der Waals surface area contributed by atoms with Gasteiger partial charge in [-0.05, 0) is 51.8 Å². The molecule has 2 atom stereocenters. The van der Waals surface area contributed by atoms with Crippen LogP contribution in [0, 0.1) is 6.92 Å². The van der Waals surface area contributed by atoms with Crippen LogP contribution in [0.4, 0.5) is 0 Å². The summed E-state index contributed by atoms with van der Waals surface area (Å²) >= 11 is 6.02. The van der Waals surface area contributed by atoms with Crippen molar-refractivity contribution in [3.63, 3.8) is 0 Å². The number of hydrogen-bond acceptors (Lipinski definition) is 4. The molecule has 1 aromatic rings. The quantitative estimate of drug-likeness (QED) is 0.862. The van der Waals surface area contributed by atoms with E-state index in [1.165, 1.54) is 32.2 Å². The average Bonchev–Trinajstić information content (AvgIpc) is 2.96. The number of hydrogen-bond donors (Lipinski definition) is 1. The van der Waals surface area contributed by atoms with Crippen molar-refractivity contribution in [3.8, 4) is 0 Å². The Kier molecular flexibility index (Phi) is 4.01. The van der Waals surface area contributed by atoms with E-state index in [9.17, 15) is 0 Å². The monoisotopic (exact) mass is 280 g/mol. The second-order valence-electron chi connectivity index (χ2n) is 5.63. The highest BCUT2D eigenvalue weighted by molar-refractivity contribution is 6.29. The van der Waals surface area contributed by atoms with Crippen molar-refractivity contribution in [2.75, 3.05) is 13.1 Å². The molecule has 0 spiro atoms. The molecule has 1 aromatic heterocycles. The number of rotatable bonds is 3. The lowest BCUT2D eigenvalue weighted by Gasteiger charge is -2.28. The average molecular weight is 281 g/mol. The largest absolute Gasteiger partial charge is 0.312 e. The third kappa shape index (κ3) is 3.07. The summed E-state index contributed by atoms with van der Waals surface area (Å²) in [6.45, 7) is 5.11. The van der Waals surface area contributed by atoms with E-state index < -0.39 is 0 Å². The summed E-state index contributed by atoms with van der Waals surface area (Å²) in [6, 6.07) is 3.11. The molecule has 3 heterocycles. The summed E-state index contributed by atoms with van der Waals surface area (Å²) in [5, 5.41) is 4.18. The van der Waals surface area contributed by atoms with E-state index in [0.29, 0.717) is 17.2 Å². The van der Waals surface area contributed by atoms with Gasteiger partial charge in [-0.25, -0.2) is 9.97 Å². The summed E-state index contributed by atoms with van der Waals surface area (Å²) in [5.41, 5.74) is 0.949. The minimum atomic E-state index is 0.553. The van der Waals surface area contributed by atoms with Gasteiger partial charge in [0.25, 0.3) is 0 Å². The van der Waals surface area contributed by atoms with Crippen molar-refractivity contribution < 1.29 is 0 Å². The lowest BCUT2D eigenvalue weighted by atomic mass is 10.0. The lowest BCUT2D eigenvalue weighted by Crippen LogP contribution is -2.43. The summed E-state index contributed by atoms with van der Waals surface area (Å²) in [5.74, 6) is 0.856. The molecule has 0 aromatic carbocycles. The molecule has 2 saturated heterocycles. The fourth-order valence-corrected chi connectivity index (χ4v) is 3.64. The van der Waals surface area contributed by atoms with Crippen LogP contribution in [-0.2, 0) is 6.54 Å². The van der Waals surface area contributed by atoms with Crippen LogP contribution in [0.15, 0.2) is 6.07 Å². The van der Waals surface area contributed by atoms with Crippen LogP contribution in [0.3, 0.4) is 0 Å². The Labute approximate surface area is 119 Å². The number of aromatic nitrogens is 2. The van der Waals surface area contributed by atoms with Crippen LogP contribution < -0.4 is 5.32 Å². The van der Waals surface area contributed by atoms with E-state index in [1.54, 1.807) is 0 Å². The predicted molar refractivity (Wildman–Crippen MR) is 76.2 cm³/mol. The van der Waals surface area contributed by atoms with Gasteiger partial charge in [0.15, 0.2) is 0 Å². The van der Waals surface area contributed by atoms with Gasteiger partial charge < -0.3 is 5.32 Å². The molecule has 19 heavy (non-hydrogen) atoms. The first-order chi connectivity index (χ1) is 9.22. The molecule has 104 valence electrons. The maximum atomic E-state index is 6.02. The van der Waals surface area contributed by atoms with E-state index >= 15 is 0 Å². The molecular weight excluding hydrogens is 260 g/mol. The smallest absolute Gasteiger partial charge is 0.144 e. The van der Waals surface area contributed by atoms with Crippen LogP contribution >= 0.6 is 11.6 Å². The Morgan fingerprint density at radius 3 is 3.00 bits per heavy atom. The highest BCUT2D eigenvalue weighted by atomic mass is 35.5. The minimum absolute atomic E-state index is 0.553. The lowest BCUT2D eigenvalue weighted by molar-refractivity contribution is 0.202. The van der Waals surface area contributed by atoms with Crippen molar-refractivity contribution in [1.82, 2.24) is 20.2 Å². The first kappa shape index (κ1) is 13.3. The maximum absolute atomic E-state index is 6.02. The van der Waals surface area contributed by atoms with E-state index in [4.69, 9.17) is 11.6 Å². The molecule has 1 N–H and O–H groups in total. The zero-order valence-electron chi connectivity index (χ0n) is 11.4. The van der Waals surface area contributed by atoms with Gasteiger partial charge in [0.05, 0.1) is 6.54 Å². The standard InChI is InChI=1S/C14H21ClN4/c1-10-8-13(15)18-14(17-10)9-19-7-3-5-12(19)11-4-2-6-16-11/h8,11-12,16H,2-7,9H2,1H3.